The van der Waals surface area contributed by atoms with E-state index in [2.05, 4.69) is 15.4 Å². The number of carbonyl (C=O) groups excluding carboxylic acids is 1. The third-order valence-corrected chi connectivity index (χ3v) is 5.80. The van der Waals surface area contributed by atoms with Crippen LogP contribution in [0.3, 0.4) is 0 Å². The Bertz CT molecular complexity index is 1160. The van der Waals surface area contributed by atoms with Crippen molar-refractivity contribution in [1.29, 1.82) is 0 Å². The maximum Gasteiger partial charge on any atom is 0.261 e. The SMILES string of the molecule is CC1(C)Cc2cc(NC(=O)c3cnn4cccnc34)c(N3CCC(O)C(F)C3)cc2O1. The molecule has 0 bridgehead atoms. The van der Waals surface area contributed by atoms with E-state index in [-0.39, 0.29) is 18.1 Å². The number of hydrogen-bond donors (Lipinski definition) is 2. The molecule has 1 aromatic carbocycles. The fourth-order valence-electron chi connectivity index (χ4n) is 4.29. The number of nitrogens with one attached hydrogen (secondary N) is 1. The largest absolute Gasteiger partial charge is 0.487 e. The molecule has 1 amide bonds. The highest BCUT2D eigenvalue weighted by Crippen LogP contribution is 2.42. The highest BCUT2D eigenvalue weighted by atomic mass is 19.1. The second-order valence-corrected chi connectivity index (χ2v) is 8.73. The van der Waals surface area contributed by atoms with Gasteiger partial charge in [-0.25, -0.2) is 13.9 Å². The predicted molar refractivity (Wildman–Crippen MR) is 114 cm³/mol. The number of piperidine rings is 1. The highest BCUT2D eigenvalue weighted by Gasteiger charge is 2.34. The molecule has 8 nitrogen and oxygen atoms in total. The number of anilines is 2. The summed E-state index contributed by atoms with van der Waals surface area (Å²) in [5.41, 5.74) is 2.68. The average molecular weight is 425 g/mol. The molecule has 1 saturated heterocycles. The van der Waals surface area contributed by atoms with Gasteiger partial charge < -0.3 is 20.1 Å². The lowest BCUT2D eigenvalue weighted by atomic mass is 9.99. The molecule has 5 rings (SSSR count). The standard InChI is InChI=1S/C22H24FN5O3/c1-22(2)10-13-8-16(26-21(30)14-11-25-28-6-3-5-24-20(14)28)17(9-19(13)31-22)27-7-4-18(29)15(23)12-27/h3,5-6,8-9,11,15,18,29H,4,7,10,12H2,1-2H3,(H,26,30). The minimum Gasteiger partial charge on any atom is -0.487 e. The van der Waals surface area contributed by atoms with Gasteiger partial charge in [0.05, 0.1) is 30.2 Å². The highest BCUT2D eigenvalue weighted by molar-refractivity contribution is 6.09. The van der Waals surface area contributed by atoms with Gasteiger partial charge in [-0.1, -0.05) is 0 Å². The number of alkyl halides is 1. The van der Waals surface area contributed by atoms with E-state index in [1.165, 1.54) is 10.7 Å². The summed E-state index contributed by atoms with van der Waals surface area (Å²) in [6.45, 7) is 4.53. The summed E-state index contributed by atoms with van der Waals surface area (Å²) in [6.07, 6.45) is 3.50. The molecule has 2 aliphatic heterocycles. The molecule has 2 atom stereocenters. The molecule has 2 unspecified atom stereocenters. The Morgan fingerprint density at radius 1 is 1.39 bits per heavy atom. The van der Waals surface area contributed by atoms with E-state index in [0.29, 0.717) is 42.0 Å². The first-order valence-corrected chi connectivity index (χ1v) is 10.3. The van der Waals surface area contributed by atoms with Crippen molar-refractivity contribution in [3.05, 3.63) is 47.9 Å². The zero-order valence-electron chi connectivity index (χ0n) is 17.4. The van der Waals surface area contributed by atoms with Crippen LogP contribution in [-0.2, 0) is 6.42 Å². The van der Waals surface area contributed by atoms with Crippen LogP contribution < -0.4 is 15.0 Å². The zero-order valence-corrected chi connectivity index (χ0v) is 17.4. The van der Waals surface area contributed by atoms with Crippen LogP contribution in [0.4, 0.5) is 15.8 Å². The number of nitrogens with zero attached hydrogens (tertiary/aromatic N) is 4. The van der Waals surface area contributed by atoms with Crippen molar-refractivity contribution in [3.63, 3.8) is 0 Å². The lowest BCUT2D eigenvalue weighted by Crippen LogP contribution is -2.44. The van der Waals surface area contributed by atoms with Gasteiger partial charge >= 0.3 is 0 Å². The molecule has 2 aliphatic rings. The van der Waals surface area contributed by atoms with Crippen molar-refractivity contribution < 1.29 is 19.0 Å². The van der Waals surface area contributed by atoms with Crippen LogP contribution in [0.2, 0.25) is 0 Å². The van der Waals surface area contributed by atoms with E-state index in [0.717, 1.165) is 11.3 Å². The first-order chi connectivity index (χ1) is 14.8. The second-order valence-electron chi connectivity index (χ2n) is 8.73. The van der Waals surface area contributed by atoms with Gasteiger partial charge in [-0.05, 0) is 32.4 Å². The fourth-order valence-corrected chi connectivity index (χ4v) is 4.29. The summed E-state index contributed by atoms with van der Waals surface area (Å²) in [5, 5.41) is 16.9. The van der Waals surface area contributed by atoms with Crippen LogP contribution in [0, 0.1) is 0 Å². The smallest absolute Gasteiger partial charge is 0.261 e. The van der Waals surface area contributed by atoms with Crippen molar-refractivity contribution >= 4 is 22.9 Å². The Kier molecular flexibility index (Phi) is 4.58. The molecule has 162 valence electrons. The summed E-state index contributed by atoms with van der Waals surface area (Å²) in [7, 11) is 0. The van der Waals surface area contributed by atoms with Crippen molar-refractivity contribution in [1.82, 2.24) is 14.6 Å². The molecule has 0 radical (unpaired) electrons. The van der Waals surface area contributed by atoms with Gasteiger partial charge in [-0.2, -0.15) is 5.10 Å². The first-order valence-electron chi connectivity index (χ1n) is 10.3. The summed E-state index contributed by atoms with van der Waals surface area (Å²) in [4.78, 5) is 19.2. The Morgan fingerprint density at radius 2 is 2.23 bits per heavy atom. The molecule has 0 aliphatic carbocycles. The predicted octanol–water partition coefficient (Wildman–Crippen LogP) is 2.60. The number of aromatic nitrogens is 3. The molecule has 4 heterocycles. The molecular formula is C22H24FN5O3. The van der Waals surface area contributed by atoms with Gasteiger partial charge in [0.2, 0.25) is 0 Å². The lowest BCUT2D eigenvalue weighted by molar-refractivity contribution is 0.0615. The van der Waals surface area contributed by atoms with E-state index in [4.69, 9.17) is 4.74 Å². The minimum atomic E-state index is -1.35. The van der Waals surface area contributed by atoms with E-state index >= 15 is 0 Å². The number of carbonyl (C=O) groups is 1. The van der Waals surface area contributed by atoms with E-state index < -0.39 is 12.3 Å². The van der Waals surface area contributed by atoms with Crippen LogP contribution in [0.15, 0.2) is 36.8 Å². The van der Waals surface area contributed by atoms with Crippen molar-refractivity contribution in [2.75, 3.05) is 23.3 Å². The van der Waals surface area contributed by atoms with Gasteiger partial charge in [0, 0.05) is 37.0 Å². The van der Waals surface area contributed by atoms with E-state index in [1.54, 1.807) is 18.5 Å². The fraction of sp³-hybridized carbons (Fsp3) is 0.409. The quantitative estimate of drug-likeness (QED) is 0.670. The number of benzene rings is 1. The molecular weight excluding hydrogens is 401 g/mol. The number of rotatable bonds is 3. The van der Waals surface area contributed by atoms with Gasteiger partial charge in [-0.3, -0.25) is 4.79 Å². The minimum absolute atomic E-state index is 0.0461. The molecule has 9 heteroatoms. The number of ether oxygens (including phenoxy) is 1. The maximum atomic E-state index is 14.3. The van der Waals surface area contributed by atoms with Crippen LogP contribution in [0.25, 0.3) is 5.65 Å². The molecule has 3 aromatic rings. The van der Waals surface area contributed by atoms with E-state index in [9.17, 15) is 14.3 Å². The number of fused-ring (bicyclic) bond motifs is 2. The van der Waals surface area contributed by atoms with Crippen molar-refractivity contribution in [3.8, 4) is 5.75 Å². The van der Waals surface area contributed by atoms with Crippen molar-refractivity contribution in [2.45, 2.75) is 44.6 Å². The van der Waals surface area contributed by atoms with Gasteiger partial charge in [0.15, 0.2) is 5.65 Å². The normalized spacial score (nSPS) is 22.3. The van der Waals surface area contributed by atoms with Gasteiger partial charge in [0.25, 0.3) is 5.91 Å². The number of amides is 1. The Hall–Kier alpha value is -3.20. The summed E-state index contributed by atoms with van der Waals surface area (Å²) in [6, 6.07) is 5.49. The lowest BCUT2D eigenvalue weighted by Gasteiger charge is -2.35. The summed E-state index contributed by atoms with van der Waals surface area (Å²) < 4.78 is 21.9. The first kappa shape index (κ1) is 19.7. The molecule has 2 N–H and O–H groups in total. The molecule has 1 fully saturated rings. The van der Waals surface area contributed by atoms with E-state index in [1.807, 2.05) is 30.9 Å². The third kappa shape index (κ3) is 3.59. The van der Waals surface area contributed by atoms with Gasteiger partial charge in [-0.15, -0.1) is 0 Å². The zero-order chi connectivity index (χ0) is 21.8. The maximum absolute atomic E-state index is 14.3. The summed E-state index contributed by atoms with van der Waals surface area (Å²) >= 11 is 0. The Morgan fingerprint density at radius 3 is 3.03 bits per heavy atom. The average Bonchev–Trinajstić information content (AvgIpc) is 3.28. The van der Waals surface area contributed by atoms with Crippen LogP contribution in [0.1, 0.15) is 36.2 Å². The second kappa shape index (κ2) is 7.19. The molecule has 2 aromatic heterocycles. The monoisotopic (exact) mass is 425 g/mol. The molecule has 31 heavy (non-hydrogen) atoms. The third-order valence-electron chi connectivity index (χ3n) is 5.80. The van der Waals surface area contributed by atoms with Crippen molar-refractivity contribution in [2.24, 2.45) is 0 Å². The number of hydrogen-bond acceptors (Lipinski definition) is 6. The topological polar surface area (TPSA) is 92.0 Å². The number of halogens is 1. The number of aliphatic hydroxyl groups is 1. The molecule has 0 saturated carbocycles. The van der Waals surface area contributed by atoms with Crippen LogP contribution in [0.5, 0.6) is 5.75 Å². The Labute approximate surface area is 178 Å². The van der Waals surface area contributed by atoms with Crippen LogP contribution >= 0.6 is 0 Å². The van der Waals surface area contributed by atoms with Gasteiger partial charge in [0.1, 0.15) is 23.1 Å². The van der Waals surface area contributed by atoms with Crippen LogP contribution in [-0.4, -0.2) is 56.6 Å². The Balaban J connectivity index is 1.51. The number of aliphatic hydroxyl groups excluding tert-OH is 1. The summed E-state index contributed by atoms with van der Waals surface area (Å²) in [5.74, 6) is 0.388. The molecule has 0 spiro atoms.